The fourth-order valence-electron chi connectivity index (χ4n) is 4.68. The average molecular weight is 475 g/mol. The van der Waals surface area contributed by atoms with Gasteiger partial charge in [-0.15, -0.1) is 11.3 Å². The molecule has 1 aliphatic heterocycles. The maximum absolute atomic E-state index is 13.6. The number of hydrogen-bond acceptors (Lipinski definition) is 4. The molecule has 2 aromatic carbocycles. The van der Waals surface area contributed by atoms with Crippen LogP contribution in [-0.4, -0.2) is 47.4 Å². The summed E-state index contributed by atoms with van der Waals surface area (Å²) in [4.78, 5) is 31.8. The Morgan fingerprint density at radius 3 is 2.59 bits per heavy atom. The first-order chi connectivity index (χ1) is 16.6. The molecule has 6 heteroatoms. The van der Waals surface area contributed by atoms with Crippen LogP contribution in [0.25, 0.3) is 0 Å². The number of nitrogens with zero attached hydrogens (tertiary/aromatic N) is 2. The Morgan fingerprint density at radius 2 is 1.82 bits per heavy atom. The topological polar surface area (TPSA) is 49.9 Å². The lowest BCUT2D eigenvalue weighted by Crippen LogP contribution is -2.48. The van der Waals surface area contributed by atoms with Gasteiger partial charge >= 0.3 is 0 Å². The minimum absolute atomic E-state index is 0.00328. The van der Waals surface area contributed by atoms with Gasteiger partial charge in [0.1, 0.15) is 18.9 Å². The molecule has 1 aliphatic carbocycles. The molecule has 0 saturated heterocycles. The third-order valence-corrected chi connectivity index (χ3v) is 7.71. The number of thiophene rings is 1. The van der Waals surface area contributed by atoms with Crippen molar-refractivity contribution in [1.29, 1.82) is 0 Å². The Hall–Kier alpha value is -3.12. The Labute approximate surface area is 205 Å². The number of aryl methyl sites for hydroxylation is 1. The predicted molar refractivity (Wildman–Crippen MR) is 134 cm³/mol. The van der Waals surface area contributed by atoms with Crippen LogP contribution in [0.1, 0.15) is 40.5 Å². The second-order valence-corrected chi connectivity index (χ2v) is 10.1. The molecule has 1 fully saturated rings. The van der Waals surface area contributed by atoms with Gasteiger partial charge in [0.25, 0.3) is 0 Å². The van der Waals surface area contributed by atoms with Crippen molar-refractivity contribution in [2.45, 2.75) is 44.7 Å². The molecule has 0 radical (unpaired) electrons. The van der Waals surface area contributed by atoms with E-state index in [1.54, 1.807) is 16.2 Å². The van der Waals surface area contributed by atoms with Crippen LogP contribution >= 0.6 is 11.3 Å². The van der Waals surface area contributed by atoms with Gasteiger partial charge in [0.05, 0.1) is 12.5 Å². The van der Waals surface area contributed by atoms with Crippen molar-refractivity contribution >= 4 is 23.2 Å². The van der Waals surface area contributed by atoms with Crippen molar-refractivity contribution in [3.05, 3.63) is 87.6 Å². The zero-order valence-corrected chi connectivity index (χ0v) is 20.3. The molecule has 2 amide bonds. The molecule has 5 nitrogen and oxygen atoms in total. The molecule has 0 N–H and O–H groups in total. The average Bonchev–Trinajstić information content (AvgIpc) is 3.57. The van der Waals surface area contributed by atoms with Crippen LogP contribution in [0.3, 0.4) is 0 Å². The number of ether oxygens (including phenoxy) is 1. The third-order valence-electron chi connectivity index (χ3n) is 6.72. The van der Waals surface area contributed by atoms with E-state index in [0.29, 0.717) is 19.6 Å². The minimum Gasteiger partial charge on any atom is -0.491 e. The first-order valence-corrected chi connectivity index (χ1v) is 12.9. The number of benzene rings is 2. The standard InChI is InChI=1S/C28H30N2O3S/c1-20-7-5-6-10-25(20)33-19-24-23-14-16-34-26(23)13-15-29(24)28(32)18-30(22-11-12-22)27(31)17-21-8-3-2-4-9-21/h2-10,14,16,22,24H,11-13,15,17-19H2,1H3/t24-/m1/s1. The largest absolute Gasteiger partial charge is 0.491 e. The zero-order valence-electron chi connectivity index (χ0n) is 19.5. The normalized spacial score (nSPS) is 17.2. The van der Waals surface area contributed by atoms with Crippen LogP contribution < -0.4 is 4.74 Å². The van der Waals surface area contributed by atoms with Crippen LogP contribution in [0, 0.1) is 6.92 Å². The lowest BCUT2D eigenvalue weighted by atomic mass is 10.00. The SMILES string of the molecule is Cc1ccccc1OC[C@@H]1c2ccsc2CCN1C(=O)CN(C(=O)Cc1ccccc1)C1CC1. The number of carbonyl (C=O) groups is 2. The van der Waals surface area contributed by atoms with Gasteiger partial charge in [0.2, 0.25) is 11.8 Å². The van der Waals surface area contributed by atoms with Crippen LogP contribution in [0.4, 0.5) is 0 Å². The van der Waals surface area contributed by atoms with Gasteiger partial charge < -0.3 is 14.5 Å². The second kappa shape index (κ2) is 10.0. The van der Waals surface area contributed by atoms with E-state index in [2.05, 4.69) is 11.4 Å². The molecule has 3 aromatic rings. The molecule has 176 valence electrons. The van der Waals surface area contributed by atoms with Gasteiger partial charge in [-0.25, -0.2) is 0 Å². The van der Waals surface area contributed by atoms with Crippen molar-refractivity contribution < 1.29 is 14.3 Å². The van der Waals surface area contributed by atoms with Crippen molar-refractivity contribution in [1.82, 2.24) is 9.80 Å². The molecular formula is C28H30N2O3S. The van der Waals surface area contributed by atoms with E-state index in [1.165, 1.54) is 10.4 Å². The van der Waals surface area contributed by atoms with Gasteiger partial charge in [-0.05, 0) is 60.4 Å². The van der Waals surface area contributed by atoms with Crippen molar-refractivity contribution in [3.8, 4) is 5.75 Å². The Bertz CT molecular complexity index is 1160. The van der Waals surface area contributed by atoms with Crippen molar-refractivity contribution in [2.24, 2.45) is 0 Å². The number of fused-ring (bicyclic) bond motifs is 1. The monoisotopic (exact) mass is 474 g/mol. The molecule has 0 spiro atoms. The molecule has 34 heavy (non-hydrogen) atoms. The molecule has 0 unspecified atom stereocenters. The third kappa shape index (κ3) is 5.02. The fourth-order valence-corrected chi connectivity index (χ4v) is 5.61. The molecule has 2 aliphatic rings. The van der Waals surface area contributed by atoms with E-state index >= 15 is 0 Å². The Morgan fingerprint density at radius 1 is 1.06 bits per heavy atom. The molecule has 1 atom stereocenters. The number of para-hydroxylation sites is 1. The van der Waals surface area contributed by atoms with E-state index in [9.17, 15) is 9.59 Å². The highest BCUT2D eigenvalue weighted by molar-refractivity contribution is 7.10. The predicted octanol–water partition coefficient (Wildman–Crippen LogP) is 4.80. The van der Waals surface area contributed by atoms with Crippen LogP contribution in [0.15, 0.2) is 66.0 Å². The Kier molecular flexibility index (Phi) is 6.68. The van der Waals surface area contributed by atoms with Gasteiger partial charge in [0, 0.05) is 17.5 Å². The van der Waals surface area contributed by atoms with Crippen molar-refractivity contribution in [3.63, 3.8) is 0 Å². The number of carbonyl (C=O) groups excluding carboxylic acids is 2. The minimum atomic E-state index is -0.146. The summed E-state index contributed by atoms with van der Waals surface area (Å²) in [6, 6.07) is 19.9. The zero-order chi connectivity index (χ0) is 23.5. The second-order valence-electron chi connectivity index (χ2n) is 9.14. The highest BCUT2D eigenvalue weighted by atomic mass is 32.1. The lowest BCUT2D eigenvalue weighted by Gasteiger charge is -2.37. The van der Waals surface area contributed by atoms with Gasteiger partial charge in [-0.2, -0.15) is 0 Å². The van der Waals surface area contributed by atoms with Crippen LogP contribution in [0.2, 0.25) is 0 Å². The highest BCUT2D eigenvalue weighted by Crippen LogP contribution is 2.35. The fraction of sp³-hybridized carbons (Fsp3) is 0.357. The molecule has 1 saturated carbocycles. The van der Waals surface area contributed by atoms with Gasteiger partial charge in [-0.1, -0.05) is 48.5 Å². The highest BCUT2D eigenvalue weighted by Gasteiger charge is 2.37. The number of rotatable bonds is 8. The molecule has 5 rings (SSSR count). The summed E-state index contributed by atoms with van der Waals surface area (Å²) in [5.74, 6) is 0.876. The van der Waals surface area contributed by atoms with Crippen LogP contribution in [-0.2, 0) is 22.4 Å². The Balaban J connectivity index is 1.31. The number of hydrogen-bond donors (Lipinski definition) is 0. The van der Waals surface area contributed by atoms with Crippen molar-refractivity contribution in [2.75, 3.05) is 19.7 Å². The maximum Gasteiger partial charge on any atom is 0.242 e. The van der Waals surface area contributed by atoms with E-state index in [-0.39, 0.29) is 30.4 Å². The van der Waals surface area contributed by atoms with E-state index in [4.69, 9.17) is 4.74 Å². The maximum atomic E-state index is 13.6. The summed E-state index contributed by atoms with van der Waals surface area (Å²) in [7, 11) is 0. The van der Waals surface area contributed by atoms with Gasteiger partial charge in [-0.3, -0.25) is 9.59 Å². The van der Waals surface area contributed by atoms with Crippen LogP contribution in [0.5, 0.6) is 5.75 Å². The summed E-state index contributed by atoms with van der Waals surface area (Å²) in [5, 5.41) is 2.10. The number of amides is 2. The van der Waals surface area contributed by atoms with Gasteiger partial charge in [0.15, 0.2) is 0 Å². The summed E-state index contributed by atoms with van der Waals surface area (Å²) < 4.78 is 6.20. The summed E-state index contributed by atoms with van der Waals surface area (Å²) >= 11 is 1.74. The quantitative estimate of drug-likeness (QED) is 0.471. The first kappa shape index (κ1) is 22.7. The molecule has 2 heterocycles. The summed E-state index contributed by atoms with van der Waals surface area (Å²) in [6.45, 7) is 3.22. The molecular weight excluding hydrogens is 444 g/mol. The van der Waals surface area contributed by atoms with E-state index in [0.717, 1.165) is 36.1 Å². The smallest absolute Gasteiger partial charge is 0.242 e. The van der Waals surface area contributed by atoms with E-state index < -0.39 is 0 Å². The lowest BCUT2D eigenvalue weighted by molar-refractivity contribution is -0.143. The first-order valence-electron chi connectivity index (χ1n) is 12.0. The summed E-state index contributed by atoms with van der Waals surface area (Å²) in [5.41, 5.74) is 3.23. The van der Waals surface area contributed by atoms with E-state index in [1.807, 2.05) is 66.4 Å². The molecule has 1 aromatic heterocycles. The summed E-state index contributed by atoms with van der Waals surface area (Å²) in [6.07, 6.45) is 3.13. The molecule has 0 bridgehead atoms.